The van der Waals surface area contributed by atoms with Crippen LogP contribution in [0.1, 0.15) is 11.4 Å². The molecule has 0 unspecified atom stereocenters. The van der Waals surface area contributed by atoms with E-state index in [1.165, 1.54) is 6.33 Å². The van der Waals surface area contributed by atoms with Crippen molar-refractivity contribution in [3.63, 3.8) is 0 Å². The van der Waals surface area contributed by atoms with E-state index in [0.29, 0.717) is 5.78 Å². The molecule has 84 valence electrons. The summed E-state index contributed by atoms with van der Waals surface area (Å²) in [5.41, 5.74) is 4.33. The average Bonchev–Trinajstić information content (AvgIpc) is 2.78. The van der Waals surface area contributed by atoms with Crippen LogP contribution in [-0.2, 0) is 0 Å². The zero-order valence-electron chi connectivity index (χ0n) is 9.75. The van der Waals surface area contributed by atoms with E-state index in [0.717, 1.165) is 22.5 Å². The van der Waals surface area contributed by atoms with Crippen LogP contribution in [-0.4, -0.2) is 19.6 Å². The van der Waals surface area contributed by atoms with Gasteiger partial charge < -0.3 is 0 Å². The maximum atomic E-state index is 4.46. The molecule has 0 aliphatic carbocycles. The first kappa shape index (κ1) is 9.96. The summed E-state index contributed by atoms with van der Waals surface area (Å²) in [4.78, 5) is 8.58. The number of aromatic nitrogens is 4. The number of hydrogen-bond acceptors (Lipinski definition) is 3. The van der Waals surface area contributed by atoms with Gasteiger partial charge in [-0.05, 0) is 19.4 Å². The molecule has 17 heavy (non-hydrogen) atoms. The predicted octanol–water partition coefficient (Wildman–Crippen LogP) is 2.41. The Morgan fingerprint density at radius 2 is 1.82 bits per heavy atom. The fraction of sp³-hybridized carbons (Fsp3) is 0.154. The van der Waals surface area contributed by atoms with Crippen LogP contribution in [0.2, 0.25) is 0 Å². The van der Waals surface area contributed by atoms with Crippen LogP contribution < -0.4 is 0 Å². The second-order valence-electron chi connectivity index (χ2n) is 4.00. The van der Waals surface area contributed by atoms with Crippen LogP contribution >= 0.6 is 0 Å². The van der Waals surface area contributed by atoms with E-state index in [9.17, 15) is 0 Å². The SMILES string of the molecule is Cc1nc2ncnn2c(C)c1-c1ccccc1. The molecule has 0 spiro atoms. The van der Waals surface area contributed by atoms with Gasteiger partial charge in [-0.2, -0.15) is 10.1 Å². The molecule has 0 bridgehead atoms. The number of hydrogen-bond donors (Lipinski definition) is 0. The number of rotatable bonds is 1. The third-order valence-corrected chi connectivity index (χ3v) is 2.90. The number of aryl methyl sites for hydroxylation is 2. The molecule has 4 nitrogen and oxygen atoms in total. The van der Waals surface area contributed by atoms with Crippen LogP contribution in [0.5, 0.6) is 0 Å². The Morgan fingerprint density at radius 1 is 1.06 bits per heavy atom. The van der Waals surface area contributed by atoms with Gasteiger partial charge in [0.1, 0.15) is 6.33 Å². The van der Waals surface area contributed by atoms with E-state index in [1.54, 1.807) is 4.52 Å². The molecule has 0 amide bonds. The van der Waals surface area contributed by atoms with Crippen LogP contribution in [0, 0.1) is 13.8 Å². The molecule has 0 fully saturated rings. The lowest BCUT2D eigenvalue weighted by Crippen LogP contribution is -2.02. The van der Waals surface area contributed by atoms with Gasteiger partial charge in [0.2, 0.25) is 0 Å². The lowest BCUT2D eigenvalue weighted by atomic mass is 10.0. The standard InChI is InChI=1S/C13H12N4/c1-9-12(11-6-4-3-5-7-11)10(2)17-13(16-9)14-8-15-17/h3-8H,1-2H3. The Balaban J connectivity index is 2.36. The van der Waals surface area contributed by atoms with Gasteiger partial charge >= 0.3 is 0 Å². The molecule has 2 aromatic heterocycles. The van der Waals surface area contributed by atoms with E-state index < -0.39 is 0 Å². The van der Waals surface area contributed by atoms with Crippen LogP contribution in [0.25, 0.3) is 16.9 Å². The van der Waals surface area contributed by atoms with Crippen molar-refractivity contribution in [1.29, 1.82) is 0 Å². The Bertz CT molecular complexity index is 670. The molecule has 0 N–H and O–H groups in total. The van der Waals surface area contributed by atoms with Gasteiger partial charge in [0.05, 0.1) is 11.4 Å². The molecular weight excluding hydrogens is 212 g/mol. The first-order valence-electron chi connectivity index (χ1n) is 5.50. The molecular formula is C13H12N4. The van der Waals surface area contributed by atoms with Crippen LogP contribution in [0.3, 0.4) is 0 Å². The molecule has 0 saturated carbocycles. The van der Waals surface area contributed by atoms with Crippen molar-refractivity contribution in [2.45, 2.75) is 13.8 Å². The first-order chi connectivity index (χ1) is 8.27. The summed E-state index contributed by atoms with van der Waals surface area (Å²) in [6, 6.07) is 10.2. The van der Waals surface area contributed by atoms with Crippen LogP contribution in [0.4, 0.5) is 0 Å². The van der Waals surface area contributed by atoms with Gasteiger partial charge in [-0.3, -0.25) is 0 Å². The summed E-state index contributed by atoms with van der Waals surface area (Å²) < 4.78 is 1.77. The van der Waals surface area contributed by atoms with Gasteiger partial charge in [0.25, 0.3) is 5.78 Å². The summed E-state index contributed by atoms with van der Waals surface area (Å²) in [6.45, 7) is 4.04. The van der Waals surface area contributed by atoms with E-state index in [1.807, 2.05) is 32.0 Å². The van der Waals surface area contributed by atoms with E-state index >= 15 is 0 Å². The highest BCUT2D eigenvalue weighted by Crippen LogP contribution is 2.25. The summed E-state index contributed by atoms with van der Waals surface area (Å²) in [5.74, 6) is 0.652. The lowest BCUT2D eigenvalue weighted by molar-refractivity contribution is 0.888. The smallest absolute Gasteiger partial charge is 0.216 e. The second kappa shape index (κ2) is 3.66. The van der Waals surface area contributed by atoms with Crippen LogP contribution in [0.15, 0.2) is 36.7 Å². The topological polar surface area (TPSA) is 43.1 Å². The third-order valence-electron chi connectivity index (χ3n) is 2.90. The molecule has 0 aliphatic heterocycles. The molecule has 2 heterocycles. The summed E-state index contributed by atoms with van der Waals surface area (Å²) in [6.07, 6.45) is 1.53. The zero-order chi connectivity index (χ0) is 11.8. The van der Waals surface area contributed by atoms with Crippen molar-refractivity contribution >= 4 is 5.78 Å². The highest BCUT2D eigenvalue weighted by Gasteiger charge is 2.11. The van der Waals surface area contributed by atoms with Gasteiger partial charge in [-0.25, -0.2) is 9.50 Å². The van der Waals surface area contributed by atoms with E-state index in [2.05, 4.69) is 27.2 Å². The number of nitrogens with zero attached hydrogens (tertiary/aromatic N) is 4. The van der Waals surface area contributed by atoms with Crippen molar-refractivity contribution in [3.8, 4) is 11.1 Å². The van der Waals surface area contributed by atoms with E-state index in [4.69, 9.17) is 0 Å². The molecule has 0 radical (unpaired) electrons. The normalized spacial score (nSPS) is 10.9. The van der Waals surface area contributed by atoms with Gasteiger partial charge in [0.15, 0.2) is 0 Å². The fourth-order valence-electron chi connectivity index (χ4n) is 2.14. The summed E-state index contributed by atoms with van der Waals surface area (Å²) in [7, 11) is 0. The summed E-state index contributed by atoms with van der Waals surface area (Å²) >= 11 is 0. The largest absolute Gasteiger partial charge is 0.252 e. The van der Waals surface area contributed by atoms with Gasteiger partial charge in [-0.1, -0.05) is 30.3 Å². The van der Waals surface area contributed by atoms with Gasteiger partial charge in [0, 0.05) is 5.56 Å². The van der Waals surface area contributed by atoms with Crippen molar-refractivity contribution < 1.29 is 0 Å². The molecule has 1 aromatic carbocycles. The molecule has 0 saturated heterocycles. The third kappa shape index (κ3) is 1.49. The molecule has 0 atom stereocenters. The lowest BCUT2D eigenvalue weighted by Gasteiger charge is -2.10. The highest BCUT2D eigenvalue weighted by molar-refractivity contribution is 5.69. The zero-order valence-corrected chi connectivity index (χ0v) is 9.75. The molecule has 0 aliphatic rings. The second-order valence-corrected chi connectivity index (χ2v) is 4.00. The van der Waals surface area contributed by atoms with Gasteiger partial charge in [-0.15, -0.1) is 0 Å². The molecule has 4 heteroatoms. The quantitative estimate of drug-likeness (QED) is 0.637. The van der Waals surface area contributed by atoms with Crippen molar-refractivity contribution in [1.82, 2.24) is 19.6 Å². The Kier molecular flexibility index (Phi) is 2.14. The minimum Gasteiger partial charge on any atom is -0.216 e. The Labute approximate surface area is 99.0 Å². The molecule has 3 rings (SSSR count). The average molecular weight is 224 g/mol. The van der Waals surface area contributed by atoms with Crippen molar-refractivity contribution in [3.05, 3.63) is 48.0 Å². The minimum absolute atomic E-state index is 0.652. The fourth-order valence-corrected chi connectivity index (χ4v) is 2.14. The van der Waals surface area contributed by atoms with Crippen molar-refractivity contribution in [2.75, 3.05) is 0 Å². The minimum atomic E-state index is 0.652. The monoisotopic (exact) mass is 224 g/mol. The molecule has 3 aromatic rings. The highest BCUT2D eigenvalue weighted by atomic mass is 15.3. The summed E-state index contributed by atoms with van der Waals surface area (Å²) in [5, 5.41) is 4.19. The maximum absolute atomic E-state index is 4.46. The number of benzene rings is 1. The first-order valence-corrected chi connectivity index (χ1v) is 5.50. The maximum Gasteiger partial charge on any atom is 0.252 e. The Hall–Kier alpha value is -2.23. The Morgan fingerprint density at radius 3 is 2.59 bits per heavy atom. The number of fused-ring (bicyclic) bond motifs is 1. The predicted molar refractivity (Wildman–Crippen MR) is 65.7 cm³/mol. The van der Waals surface area contributed by atoms with E-state index in [-0.39, 0.29) is 0 Å². The van der Waals surface area contributed by atoms with Crippen molar-refractivity contribution in [2.24, 2.45) is 0 Å².